The van der Waals surface area contributed by atoms with Crippen LogP contribution in [0.15, 0.2) is 36.4 Å². The molecule has 0 spiro atoms. The number of halogens is 3. The Labute approximate surface area is 128 Å². The minimum atomic E-state index is -4.58. The van der Waals surface area contributed by atoms with E-state index in [2.05, 4.69) is 5.32 Å². The fraction of sp³-hybridized carbons (Fsp3) is 0.133. The minimum absolute atomic E-state index is 0.0735. The number of phenols is 1. The molecule has 0 aromatic heterocycles. The van der Waals surface area contributed by atoms with Gasteiger partial charge in [-0.3, -0.25) is 4.79 Å². The van der Waals surface area contributed by atoms with Crippen LogP contribution in [-0.4, -0.2) is 16.1 Å². The van der Waals surface area contributed by atoms with Gasteiger partial charge in [0.15, 0.2) is 5.60 Å². The van der Waals surface area contributed by atoms with Gasteiger partial charge in [0, 0.05) is 28.6 Å². The lowest BCUT2D eigenvalue weighted by Gasteiger charge is -2.22. The fourth-order valence-electron chi connectivity index (χ4n) is 2.60. The topological polar surface area (TPSA) is 95.6 Å². The van der Waals surface area contributed by atoms with E-state index in [-0.39, 0.29) is 22.5 Å². The average Bonchev–Trinajstić information content (AvgIpc) is 2.69. The lowest BCUT2D eigenvalue weighted by molar-refractivity contribution is -0.137. The third kappa shape index (κ3) is 2.18. The van der Waals surface area contributed by atoms with Crippen LogP contribution in [0.25, 0.3) is 0 Å². The van der Waals surface area contributed by atoms with Gasteiger partial charge in [-0.15, -0.1) is 0 Å². The summed E-state index contributed by atoms with van der Waals surface area (Å²) in [7, 11) is 0. The highest BCUT2D eigenvalue weighted by atomic mass is 19.4. The second-order valence-electron chi connectivity index (χ2n) is 5.20. The van der Waals surface area contributed by atoms with Gasteiger partial charge in [0.25, 0.3) is 5.91 Å². The minimum Gasteiger partial charge on any atom is -0.507 e. The maximum atomic E-state index is 12.7. The summed E-state index contributed by atoms with van der Waals surface area (Å²) in [6.07, 6.45) is -4.58. The molecule has 0 aliphatic carbocycles. The predicted molar refractivity (Wildman–Crippen MR) is 75.6 cm³/mol. The molecular weight excluding hydrogens is 313 g/mol. The number of anilines is 2. The second kappa shape index (κ2) is 4.63. The molecule has 5 nitrogen and oxygen atoms in total. The molecule has 2 aromatic carbocycles. The number of aromatic hydroxyl groups is 1. The third-order valence-electron chi connectivity index (χ3n) is 3.73. The molecule has 1 unspecified atom stereocenters. The van der Waals surface area contributed by atoms with Crippen molar-refractivity contribution >= 4 is 17.3 Å². The molecule has 0 saturated heterocycles. The summed E-state index contributed by atoms with van der Waals surface area (Å²) in [5.74, 6) is -1.39. The molecule has 1 amide bonds. The van der Waals surface area contributed by atoms with E-state index >= 15 is 0 Å². The van der Waals surface area contributed by atoms with Gasteiger partial charge < -0.3 is 21.3 Å². The molecule has 1 aliphatic heterocycles. The molecule has 3 rings (SSSR count). The van der Waals surface area contributed by atoms with Gasteiger partial charge in [0.2, 0.25) is 0 Å². The van der Waals surface area contributed by atoms with Gasteiger partial charge in [-0.2, -0.15) is 13.2 Å². The first kappa shape index (κ1) is 15.2. The quantitative estimate of drug-likeness (QED) is 0.605. The lowest BCUT2D eigenvalue weighted by Crippen LogP contribution is -2.35. The van der Waals surface area contributed by atoms with Crippen molar-refractivity contribution in [3.05, 3.63) is 53.1 Å². The summed E-state index contributed by atoms with van der Waals surface area (Å²) in [6.45, 7) is 0. The molecule has 0 saturated carbocycles. The molecular formula is C15H11F3N2O3. The number of nitrogens with two attached hydrogens (primary N) is 1. The number of hydrogen-bond donors (Lipinski definition) is 4. The monoisotopic (exact) mass is 324 g/mol. The van der Waals surface area contributed by atoms with Crippen molar-refractivity contribution in [3.8, 4) is 5.75 Å². The number of rotatable bonds is 1. The summed E-state index contributed by atoms with van der Waals surface area (Å²) < 4.78 is 38.2. The zero-order chi connectivity index (χ0) is 17.0. The Hall–Kier alpha value is -2.74. The maximum Gasteiger partial charge on any atom is 0.416 e. The number of phenolic OH excluding ortho intramolecular Hbond substituents is 1. The normalized spacial score (nSPS) is 20.3. The van der Waals surface area contributed by atoms with E-state index in [0.29, 0.717) is 0 Å². The summed E-state index contributed by atoms with van der Waals surface area (Å²) in [6, 6.07) is 6.26. The van der Waals surface area contributed by atoms with Crippen LogP contribution in [0.5, 0.6) is 5.75 Å². The molecule has 0 fully saturated rings. The Morgan fingerprint density at radius 1 is 1.09 bits per heavy atom. The van der Waals surface area contributed by atoms with Crippen LogP contribution < -0.4 is 11.1 Å². The molecule has 8 heteroatoms. The molecule has 1 atom stereocenters. The van der Waals surface area contributed by atoms with Gasteiger partial charge in [0.05, 0.1) is 5.56 Å². The van der Waals surface area contributed by atoms with Crippen LogP contribution >= 0.6 is 0 Å². The molecule has 23 heavy (non-hydrogen) atoms. The van der Waals surface area contributed by atoms with Gasteiger partial charge in [-0.25, -0.2) is 0 Å². The van der Waals surface area contributed by atoms with E-state index in [4.69, 9.17) is 5.73 Å². The smallest absolute Gasteiger partial charge is 0.416 e. The van der Waals surface area contributed by atoms with Crippen LogP contribution in [0.1, 0.15) is 16.7 Å². The van der Waals surface area contributed by atoms with Crippen LogP contribution in [0.3, 0.4) is 0 Å². The molecule has 120 valence electrons. The van der Waals surface area contributed by atoms with Crippen molar-refractivity contribution < 1.29 is 28.2 Å². The molecule has 2 aromatic rings. The van der Waals surface area contributed by atoms with E-state index in [1.54, 1.807) is 0 Å². The zero-order valence-electron chi connectivity index (χ0n) is 11.5. The van der Waals surface area contributed by atoms with Crippen molar-refractivity contribution in [3.63, 3.8) is 0 Å². The Balaban J connectivity index is 2.18. The van der Waals surface area contributed by atoms with Gasteiger partial charge in [-0.05, 0) is 24.3 Å². The number of carbonyl (C=O) groups excluding carboxylic acids is 1. The predicted octanol–water partition coefficient (Wildman–Crippen LogP) is 2.18. The second-order valence-corrected chi connectivity index (χ2v) is 5.20. The van der Waals surface area contributed by atoms with Crippen molar-refractivity contribution in [1.82, 2.24) is 0 Å². The highest BCUT2D eigenvalue weighted by Gasteiger charge is 2.49. The van der Waals surface area contributed by atoms with E-state index in [0.717, 1.165) is 24.3 Å². The van der Waals surface area contributed by atoms with Gasteiger partial charge in [0.1, 0.15) is 5.75 Å². The summed E-state index contributed by atoms with van der Waals surface area (Å²) in [5, 5.41) is 22.9. The number of nitrogens with one attached hydrogen (secondary N) is 1. The number of amides is 1. The van der Waals surface area contributed by atoms with Gasteiger partial charge in [-0.1, -0.05) is 6.07 Å². The van der Waals surface area contributed by atoms with E-state index in [1.165, 1.54) is 12.1 Å². The van der Waals surface area contributed by atoms with Crippen molar-refractivity contribution in [2.75, 3.05) is 11.1 Å². The standard InChI is InChI=1S/C15H11F3N2O3/c16-15(17,18)7-1-3-9-11(5-7)20-13(22)14(9,23)10-4-2-8(19)6-12(10)21/h1-6,21,23H,19H2,(H,20,22). The van der Waals surface area contributed by atoms with Crippen molar-refractivity contribution in [2.45, 2.75) is 11.8 Å². The highest BCUT2D eigenvalue weighted by molar-refractivity contribution is 6.07. The summed E-state index contributed by atoms with van der Waals surface area (Å²) in [4.78, 5) is 12.2. The van der Waals surface area contributed by atoms with Crippen LogP contribution in [-0.2, 0) is 16.6 Å². The molecule has 0 bridgehead atoms. The highest BCUT2D eigenvalue weighted by Crippen LogP contribution is 2.45. The third-order valence-corrected chi connectivity index (χ3v) is 3.73. The van der Waals surface area contributed by atoms with Gasteiger partial charge >= 0.3 is 6.18 Å². The number of fused-ring (bicyclic) bond motifs is 1. The van der Waals surface area contributed by atoms with Crippen molar-refractivity contribution in [2.24, 2.45) is 0 Å². The largest absolute Gasteiger partial charge is 0.507 e. The molecule has 1 heterocycles. The molecule has 5 N–H and O–H groups in total. The number of carbonyl (C=O) groups is 1. The van der Waals surface area contributed by atoms with E-state index in [9.17, 15) is 28.2 Å². The Bertz CT molecular complexity index is 820. The molecule has 0 radical (unpaired) electrons. The lowest BCUT2D eigenvalue weighted by atomic mass is 9.86. The Kier molecular flexibility index (Phi) is 3.05. The number of benzene rings is 2. The first-order valence-electron chi connectivity index (χ1n) is 6.48. The number of aliphatic hydroxyl groups is 1. The Morgan fingerprint density at radius 2 is 1.74 bits per heavy atom. The van der Waals surface area contributed by atoms with E-state index < -0.39 is 29.0 Å². The zero-order valence-corrected chi connectivity index (χ0v) is 11.5. The SMILES string of the molecule is Nc1ccc(C2(O)C(=O)Nc3cc(C(F)(F)F)ccc32)c(O)c1. The summed E-state index contributed by atoms with van der Waals surface area (Å²) in [5.41, 5.74) is 2.06. The first-order chi connectivity index (χ1) is 10.6. The summed E-state index contributed by atoms with van der Waals surface area (Å²) >= 11 is 0. The Morgan fingerprint density at radius 3 is 2.35 bits per heavy atom. The maximum absolute atomic E-state index is 12.7. The van der Waals surface area contributed by atoms with Crippen LogP contribution in [0.4, 0.5) is 24.5 Å². The van der Waals surface area contributed by atoms with Crippen LogP contribution in [0, 0.1) is 0 Å². The molecule has 1 aliphatic rings. The first-order valence-corrected chi connectivity index (χ1v) is 6.48. The van der Waals surface area contributed by atoms with Crippen LogP contribution in [0.2, 0.25) is 0 Å². The average molecular weight is 324 g/mol. The number of alkyl halides is 3. The fourth-order valence-corrected chi connectivity index (χ4v) is 2.60. The van der Waals surface area contributed by atoms with Crippen molar-refractivity contribution in [1.29, 1.82) is 0 Å². The number of hydrogen-bond acceptors (Lipinski definition) is 4. The number of nitrogen functional groups attached to an aromatic ring is 1. The van der Waals surface area contributed by atoms with E-state index in [1.807, 2.05) is 0 Å².